The number of amides is 1. The van der Waals surface area contributed by atoms with Gasteiger partial charge in [0.1, 0.15) is 0 Å². The van der Waals surface area contributed by atoms with Crippen molar-refractivity contribution >= 4 is 17.3 Å². The van der Waals surface area contributed by atoms with Gasteiger partial charge in [-0.2, -0.15) is 0 Å². The fourth-order valence-electron chi connectivity index (χ4n) is 2.00. The topological polar surface area (TPSA) is 23.6 Å². The first kappa shape index (κ1) is 13.9. The van der Waals surface area contributed by atoms with Crippen LogP contribution >= 0.6 is 0 Å². The Morgan fingerprint density at radius 1 is 0.900 bits per heavy atom. The summed E-state index contributed by atoms with van der Waals surface area (Å²) in [6.07, 6.45) is 0. The maximum atomic E-state index is 12.2. The molecule has 0 saturated carbocycles. The number of carbonyl (C=O) groups excluding carboxylic acids is 1. The van der Waals surface area contributed by atoms with Crippen LogP contribution in [-0.4, -0.2) is 18.0 Å². The highest BCUT2D eigenvalue weighted by atomic mass is 16.2. The Balaban J connectivity index is 2.45. The first-order valence-corrected chi connectivity index (χ1v) is 6.45. The Morgan fingerprint density at radius 3 is 1.65 bits per heavy atom. The highest BCUT2D eigenvalue weighted by molar-refractivity contribution is 5.94. The van der Waals surface area contributed by atoms with Crippen LogP contribution in [0.15, 0.2) is 72.8 Å². The minimum Gasteiger partial charge on any atom is -0.268 e. The van der Waals surface area contributed by atoms with E-state index in [9.17, 15) is 4.79 Å². The number of nitrogens with zero attached hydrogens (tertiary/aromatic N) is 2. The monoisotopic (exact) mass is 266 g/mol. The molecule has 1 amide bonds. The van der Waals surface area contributed by atoms with Crippen LogP contribution in [0, 0.1) is 0 Å². The Kier molecular flexibility index (Phi) is 4.20. The molecule has 0 aromatic heterocycles. The largest absolute Gasteiger partial charge is 0.268 e. The zero-order valence-electron chi connectivity index (χ0n) is 11.8. The molecule has 0 bridgehead atoms. The molecule has 0 unspecified atom stereocenters. The van der Waals surface area contributed by atoms with E-state index in [4.69, 9.17) is 0 Å². The van der Waals surface area contributed by atoms with E-state index in [0.717, 1.165) is 11.4 Å². The summed E-state index contributed by atoms with van der Waals surface area (Å²) < 4.78 is 0. The average Bonchev–Trinajstić information content (AvgIpc) is 2.48. The van der Waals surface area contributed by atoms with Gasteiger partial charge in [0.05, 0.1) is 11.4 Å². The maximum absolute atomic E-state index is 12.2. The SMILES string of the molecule is C=C(C)C(=O)N(C)N(c1ccccc1)c1ccccc1. The highest BCUT2D eigenvalue weighted by Gasteiger charge is 2.19. The van der Waals surface area contributed by atoms with E-state index in [0.29, 0.717) is 5.57 Å². The van der Waals surface area contributed by atoms with Gasteiger partial charge in [0.2, 0.25) is 0 Å². The molecule has 0 fully saturated rings. The van der Waals surface area contributed by atoms with Gasteiger partial charge in [0.15, 0.2) is 0 Å². The van der Waals surface area contributed by atoms with Crippen LogP contribution in [-0.2, 0) is 4.79 Å². The number of rotatable bonds is 4. The van der Waals surface area contributed by atoms with Gasteiger partial charge in [0.25, 0.3) is 5.91 Å². The summed E-state index contributed by atoms with van der Waals surface area (Å²) in [6.45, 7) is 5.44. The van der Waals surface area contributed by atoms with Crippen molar-refractivity contribution in [3.63, 3.8) is 0 Å². The van der Waals surface area contributed by atoms with E-state index in [1.54, 1.807) is 19.0 Å². The van der Waals surface area contributed by atoms with E-state index >= 15 is 0 Å². The summed E-state index contributed by atoms with van der Waals surface area (Å²) in [5.74, 6) is -0.113. The third kappa shape index (κ3) is 2.88. The lowest BCUT2D eigenvalue weighted by molar-refractivity contribution is -0.125. The van der Waals surface area contributed by atoms with Crippen LogP contribution in [0.5, 0.6) is 0 Å². The minimum absolute atomic E-state index is 0.113. The molecule has 2 aromatic carbocycles. The summed E-state index contributed by atoms with van der Waals surface area (Å²) >= 11 is 0. The van der Waals surface area contributed by atoms with Crippen molar-refractivity contribution in [3.05, 3.63) is 72.8 Å². The van der Waals surface area contributed by atoms with Gasteiger partial charge in [0, 0.05) is 12.6 Å². The van der Waals surface area contributed by atoms with Crippen LogP contribution in [0.3, 0.4) is 0 Å². The fraction of sp³-hybridized carbons (Fsp3) is 0.118. The lowest BCUT2D eigenvalue weighted by Gasteiger charge is -2.34. The van der Waals surface area contributed by atoms with Crippen molar-refractivity contribution in [1.29, 1.82) is 0 Å². The predicted molar refractivity (Wildman–Crippen MR) is 82.6 cm³/mol. The van der Waals surface area contributed by atoms with Crippen molar-refractivity contribution in [2.45, 2.75) is 6.92 Å². The summed E-state index contributed by atoms with van der Waals surface area (Å²) in [7, 11) is 1.75. The van der Waals surface area contributed by atoms with E-state index in [-0.39, 0.29) is 5.91 Å². The van der Waals surface area contributed by atoms with Gasteiger partial charge >= 0.3 is 0 Å². The average molecular weight is 266 g/mol. The number of para-hydroxylation sites is 2. The maximum Gasteiger partial charge on any atom is 0.267 e. The van der Waals surface area contributed by atoms with Gasteiger partial charge in [-0.1, -0.05) is 43.0 Å². The second-order valence-electron chi connectivity index (χ2n) is 4.59. The van der Waals surface area contributed by atoms with Gasteiger partial charge < -0.3 is 0 Å². The molecule has 20 heavy (non-hydrogen) atoms. The second-order valence-corrected chi connectivity index (χ2v) is 4.59. The minimum atomic E-state index is -0.113. The molecule has 102 valence electrons. The summed E-state index contributed by atoms with van der Waals surface area (Å²) in [4.78, 5) is 12.2. The van der Waals surface area contributed by atoms with Gasteiger partial charge in [-0.15, -0.1) is 0 Å². The highest BCUT2D eigenvalue weighted by Crippen LogP contribution is 2.26. The molecule has 0 atom stereocenters. The van der Waals surface area contributed by atoms with Crippen molar-refractivity contribution in [2.75, 3.05) is 12.1 Å². The Hall–Kier alpha value is -2.55. The lowest BCUT2D eigenvalue weighted by Crippen LogP contribution is -2.41. The predicted octanol–water partition coefficient (Wildman–Crippen LogP) is 3.77. The number of benzene rings is 2. The number of anilines is 2. The molecule has 0 spiro atoms. The van der Waals surface area contributed by atoms with Crippen LogP contribution in [0.4, 0.5) is 11.4 Å². The first-order valence-electron chi connectivity index (χ1n) is 6.45. The number of hydrogen-bond donors (Lipinski definition) is 0. The van der Waals surface area contributed by atoms with Crippen molar-refractivity contribution in [1.82, 2.24) is 5.01 Å². The summed E-state index contributed by atoms with van der Waals surface area (Å²) in [6, 6.07) is 19.6. The normalized spacial score (nSPS) is 9.90. The summed E-state index contributed by atoms with van der Waals surface area (Å²) in [5.41, 5.74) is 2.36. The van der Waals surface area contributed by atoms with Crippen molar-refractivity contribution < 1.29 is 4.79 Å². The van der Waals surface area contributed by atoms with Crippen molar-refractivity contribution in [2.24, 2.45) is 0 Å². The van der Waals surface area contributed by atoms with Crippen LogP contribution in [0.1, 0.15) is 6.92 Å². The molecule has 0 aliphatic carbocycles. The fourth-order valence-corrected chi connectivity index (χ4v) is 2.00. The lowest BCUT2D eigenvalue weighted by atomic mass is 10.2. The van der Waals surface area contributed by atoms with Crippen LogP contribution in [0.2, 0.25) is 0 Å². The van der Waals surface area contributed by atoms with Gasteiger partial charge in [-0.3, -0.25) is 9.80 Å². The molecule has 0 heterocycles. The molecule has 0 radical (unpaired) electrons. The first-order chi connectivity index (χ1) is 9.61. The smallest absolute Gasteiger partial charge is 0.267 e. The standard InChI is InChI=1S/C17H18N2O/c1-14(2)17(20)18(3)19(15-10-6-4-7-11-15)16-12-8-5-9-13-16/h4-13H,1H2,2-3H3. The quantitative estimate of drug-likeness (QED) is 0.621. The molecule has 0 saturated heterocycles. The zero-order chi connectivity index (χ0) is 14.5. The summed E-state index contributed by atoms with van der Waals surface area (Å²) in [5, 5.41) is 3.45. The van der Waals surface area contributed by atoms with Crippen LogP contribution in [0.25, 0.3) is 0 Å². The molecular weight excluding hydrogens is 248 g/mol. The molecule has 3 heteroatoms. The molecule has 2 rings (SSSR count). The third-order valence-corrected chi connectivity index (χ3v) is 2.96. The number of hydrazine groups is 1. The molecule has 2 aromatic rings. The van der Waals surface area contributed by atoms with Gasteiger partial charge in [-0.25, -0.2) is 5.01 Å². The number of carbonyl (C=O) groups is 1. The van der Waals surface area contributed by atoms with E-state index in [1.807, 2.05) is 65.7 Å². The Labute approximate surface area is 119 Å². The Morgan fingerprint density at radius 2 is 1.30 bits per heavy atom. The molecule has 0 aliphatic heterocycles. The molecule has 0 N–H and O–H groups in total. The van der Waals surface area contributed by atoms with Crippen LogP contribution < -0.4 is 5.01 Å². The van der Waals surface area contributed by atoms with E-state index < -0.39 is 0 Å². The number of likely N-dealkylation sites (N-methyl/N-ethyl adjacent to an activating group) is 1. The molecule has 0 aliphatic rings. The third-order valence-electron chi connectivity index (χ3n) is 2.96. The Bertz CT molecular complexity index is 553. The van der Waals surface area contributed by atoms with E-state index in [2.05, 4.69) is 6.58 Å². The van der Waals surface area contributed by atoms with Gasteiger partial charge in [-0.05, 0) is 31.2 Å². The van der Waals surface area contributed by atoms with E-state index in [1.165, 1.54) is 0 Å². The number of hydrogen-bond acceptors (Lipinski definition) is 2. The second kappa shape index (κ2) is 6.06. The molecular formula is C17H18N2O. The zero-order valence-corrected chi connectivity index (χ0v) is 11.8. The van der Waals surface area contributed by atoms with Crippen molar-refractivity contribution in [3.8, 4) is 0 Å². The molecule has 3 nitrogen and oxygen atoms in total.